The van der Waals surface area contributed by atoms with Crippen molar-refractivity contribution in [3.8, 4) is 6.07 Å². The molecule has 1 rings (SSSR count). The monoisotopic (exact) mass is 266 g/mol. The van der Waals surface area contributed by atoms with Gasteiger partial charge in [0.05, 0.1) is 24.7 Å². The molecule has 6 nitrogen and oxygen atoms in total. The lowest BCUT2D eigenvalue weighted by Gasteiger charge is -2.18. The molecule has 0 amide bonds. The third kappa shape index (κ3) is 5.14. The first-order valence-corrected chi connectivity index (χ1v) is 5.26. The van der Waals surface area contributed by atoms with Gasteiger partial charge in [-0.1, -0.05) is 0 Å². The zero-order valence-electron chi connectivity index (χ0n) is 9.84. The summed E-state index contributed by atoms with van der Waals surface area (Å²) in [6.07, 6.45) is 0. The zero-order chi connectivity index (χ0) is 14.4. The fourth-order valence-electron chi connectivity index (χ4n) is 1.61. The molecule has 7 heteroatoms. The minimum absolute atomic E-state index is 0.0644. The first-order chi connectivity index (χ1) is 8.90. The molecular weight excluding hydrogens is 255 g/mol. The number of aliphatic carboxylic acids is 2. The number of hydrogen-bond acceptors (Lipinski definition) is 4. The summed E-state index contributed by atoms with van der Waals surface area (Å²) >= 11 is 0. The number of halogens is 1. The van der Waals surface area contributed by atoms with Gasteiger partial charge in [0.2, 0.25) is 0 Å². The first kappa shape index (κ1) is 14.6. The van der Waals surface area contributed by atoms with Crippen molar-refractivity contribution in [2.24, 2.45) is 0 Å². The number of carboxylic acids is 2. The van der Waals surface area contributed by atoms with E-state index in [-0.39, 0.29) is 12.1 Å². The molecular formula is C12H11FN2O4. The van der Waals surface area contributed by atoms with Crippen LogP contribution in [0.4, 0.5) is 4.39 Å². The SMILES string of the molecule is N#Cc1cc(F)cc(CN(CC(=O)O)CC(=O)O)c1. The molecule has 100 valence electrons. The maximum absolute atomic E-state index is 13.2. The minimum atomic E-state index is -1.18. The van der Waals surface area contributed by atoms with Crippen LogP contribution >= 0.6 is 0 Å². The highest BCUT2D eigenvalue weighted by atomic mass is 19.1. The van der Waals surface area contributed by atoms with E-state index in [1.807, 2.05) is 0 Å². The highest BCUT2D eigenvalue weighted by Gasteiger charge is 2.14. The van der Waals surface area contributed by atoms with Crippen LogP contribution in [0.5, 0.6) is 0 Å². The second-order valence-corrected chi connectivity index (χ2v) is 3.89. The fraction of sp³-hybridized carbons (Fsp3) is 0.250. The Labute approximate surface area is 108 Å². The summed E-state index contributed by atoms with van der Waals surface area (Å²) in [6, 6.07) is 5.34. The topological polar surface area (TPSA) is 102 Å². The molecule has 0 aliphatic carbocycles. The van der Waals surface area contributed by atoms with Crippen molar-refractivity contribution in [3.63, 3.8) is 0 Å². The molecule has 19 heavy (non-hydrogen) atoms. The molecule has 0 bridgehead atoms. The normalized spacial score (nSPS) is 10.2. The first-order valence-electron chi connectivity index (χ1n) is 5.26. The predicted molar refractivity (Wildman–Crippen MR) is 61.7 cm³/mol. The summed E-state index contributed by atoms with van der Waals surface area (Å²) in [6.45, 7) is -1.03. The third-order valence-electron chi connectivity index (χ3n) is 2.21. The third-order valence-corrected chi connectivity index (χ3v) is 2.21. The number of nitrogens with zero attached hydrogens (tertiary/aromatic N) is 2. The van der Waals surface area contributed by atoms with E-state index in [9.17, 15) is 14.0 Å². The van der Waals surface area contributed by atoms with Crippen LogP contribution in [0.1, 0.15) is 11.1 Å². The van der Waals surface area contributed by atoms with Crippen molar-refractivity contribution in [1.82, 2.24) is 4.90 Å². The summed E-state index contributed by atoms with van der Waals surface area (Å²) in [4.78, 5) is 22.3. The molecule has 0 atom stereocenters. The van der Waals surface area contributed by atoms with Crippen molar-refractivity contribution in [1.29, 1.82) is 5.26 Å². The van der Waals surface area contributed by atoms with E-state index in [1.54, 1.807) is 6.07 Å². The molecule has 0 heterocycles. The Morgan fingerprint density at radius 2 is 1.79 bits per heavy atom. The van der Waals surface area contributed by atoms with E-state index < -0.39 is 30.8 Å². The molecule has 0 spiro atoms. The van der Waals surface area contributed by atoms with E-state index in [0.717, 1.165) is 17.0 Å². The van der Waals surface area contributed by atoms with Gasteiger partial charge >= 0.3 is 11.9 Å². The van der Waals surface area contributed by atoms with Gasteiger partial charge in [-0.15, -0.1) is 0 Å². The molecule has 0 fully saturated rings. The van der Waals surface area contributed by atoms with Gasteiger partial charge in [0, 0.05) is 6.54 Å². The highest BCUT2D eigenvalue weighted by molar-refractivity contribution is 5.72. The summed E-state index contributed by atoms with van der Waals surface area (Å²) in [5.74, 6) is -2.99. The summed E-state index contributed by atoms with van der Waals surface area (Å²) < 4.78 is 13.2. The van der Waals surface area contributed by atoms with Gasteiger partial charge in [0.1, 0.15) is 5.82 Å². The Kier molecular flexibility index (Phi) is 4.97. The molecule has 1 aromatic carbocycles. The Bertz CT molecular complexity index is 523. The van der Waals surface area contributed by atoms with E-state index >= 15 is 0 Å². The summed E-state index contributed by atoms with van der Waals surface area (Å²) in [7, 11) is 0. The van der Waals surface area contributed by atoms with Crippen LogP contribution in [0.25, 0.3) is 0 Å². The lowest BCUT2D eigenvalue weighted by atomic mass is 10.1. The number of benzene rings is 1. The molecule has 0 saturated carbocycles. The number of hydrogen-bond donors (Lipinski definition) is 2. The lowest BCUT2D eigenvalue weighted by molar-refractivity contribution is -0.142. The van der Waals surface area contributed by atoms with E-state index in [4.69, 9.17) is 15.5 Å². The van der Waals surface area contributed by atoms with E-state index in [0.29, 0.717) is 5.56 Å². The minimum Gasteiger partial charge on any atom is -0.480 e. The van der Waals surface area contributed by atoms with Crippen LogP contribution in [-0.4, -0.2) is 40.1 Å². The molecule has 0 radical (unpaired) electrons. The Hall–Kier alpha value is -2.46. The lowest BCUT2D eigenvalue weighted by Crippen LogP contribution is -2.34. The van der Waals surface area contributed by atoms with E-state index in [2.05, 4.69) is 0 Å². The predicted octanol–water partition coefficient (Wildman–Crippen LogP) is 0.669. The Morgan fingerprint density at radius 3 is 2.26 bits per heavy atom. The maximum Gasteiger partial charge on any atom is 0.317 e. The smallest absolute Gasteiger partial charge is 0.317 e. The average molecular weight is 266 g/mol. The Morgan fingerprint density at radius 1 is 1.21 bits per heavy atom. The molecule has 0 aliphatic rings. The molecule has 0 unspecified atom stereocenters. The van der Waals surface area contributed by atoms with Gasteiger partial charge < -0.3 is 10.2 Å². The number of nitriles is 1. The fourth-order valence-corrected chi connectivity index (χ4v) is 1.61. The van der Waals surface area contributed by atoms with Gasteiger partial charge in [-0.3, -0.25) is 14.5 Å². The summed E-state index contributed by atoms with van der Waals surface area (Å²) in [5, 5.41) is 26.0. The highest BCUT2D eigenvalue weighted by Crippen LogP contribution is 2.11. The van der Waals surface area contributed by atoms with Gasteiger partial charge in [0.25, 0.3) is 0 Å². The standard InChI is InChI=1S/C12H11FN2O4/c13-10-2-8(4-14)1-9(3-10)5-15(6-11(16)17)7-12(18)19/h1-3H,5-7H2,(H,16,17)(H,18,19). The summed E-state index contributed by atoms with van der Waals surface area (Å²) in [5.41, 5.74) is 0.444. The molecule has 0 aliphatic heterocycles. The van der Waals surface area contributed by atoms with Gasteiger partial charge in [0.15, 0.2) is 0 Å². The molecule has 0 saturated heterocycles. The molecule has 1 aromatic rings. The van der Waals surface area contributed by atoms with E-state index in [1.165, 1.54) is 6.07 Å². The average Bonchev–Trinajstić information content (AvgIpc) is 2.26. The van der Waals surface area contributed by atoms with Crippen molar-refractivity contribution >= 4 is 11.9 Å². The van der Waals surface area contributed by atoms with Crippen LogP contribution in [0.3, 0.4) is 0 Å². The van der Waals surface area contributed by atoms with Gasteiger partial charge in [-0.2, -0.15) is 5.26 Å². The van der Waals surface area contributed by atoms with Gasteiger partial charge in [-0.05, 0) is 23.8 Å². The van der Waals surface area contributed by atoms with Crippen molar-refractivity contribution in [3.05, 3.63) is 35.1 Å². The number of rotatable bonds is 6. The van der Waals surface area contributed by atoms with Crippen molar-refractivity contribution in [2.75, 3.05) is 13.1 Å². The maximum atomic E-state index is 13.2. The zero-order valence-corrected chi connectivity index (χ0v) is 9.84. The van der Waals surface area contributed by atoms with Crippen molar-refractivity contribution < 1.29 is 24.2 Å². The van der Waals surface area contributed by atoms with Crippen LogP contribution < -0.4 is 0 Å². The number of carbonyl (C=O) groups is 2. The largest absolute Gasteiger partial charge is 0.480 e. The van der Waals surface area contributed by atoms with Crippen LogP contribution in [-0.2, 0) is 16.1 Å². The molecule has 2 N–H and O–H groups in total. The molecule has 0 aromatic heterocycles. The van der Waals surface area contributed by atoms with Crippen LogP contribution in [0.15, 0.2) is 18.2 Å². The van der Waals surface area contributed by atoms with Crippen LogP contribution in [0, 0.1) is 17.1 Å². The second kappa shape index (κ2) is 6.47. The second-order valence-electron chi connectivity index (χ2n) is 3.89. The Balaban J connectivity index is 2.89. The number of carboxylic acid groups (broad SMARTS) is 2. The van der Waals surface area contributed by atoms with Gasteiger partial charge in [-0.25, -0.2) is 4.39 Å². The van der Waals surface area contributed by atoms with Crippen molar-refractivity contribution in [2.45, 2.75) is 6.54 Å². The van der Waals surface area contributed by atoms with Crippen LogP contribution in [0.2, 0.25) is 0 Å². The quantitative estimate of drug-likeness (QED) is 0.784.